The highest BCUT2D eigenvalue weighted by atomic mass is 19.1. The zero-order valence-electron chi connectivity index (χ0n) is 17.1. The van der Waals surface area contributed by atoms with Gasteiger partial charge in [0.15, 0.2) is 6.61 Å². The number of rotatable bonds is 5. The number of nitrogens with one attached hydrogen (secondary N) is 1. The molecule has 3 rings (SSSR count). The van der Waals surface area contributed by atoms with Gasteiger partial charge in [0.2, 0.25) is 5.91 Å². The second-order valence-corrected chi connectivity index (χ2v) is 7.56. The molecule has 1 aliphatic heterocycles. The van der Waals surface area contributed by atoms with E-state index < -0.39 is 29.7 Å². The summed E-state index contributed by atoms with van der Waals surface area (Å²) < 4.78 is 19.3. The maximum Gasteiger partial charge on any atom is 0.317 e. The third kappa shape index (κ3) is 4.67. The Labute approximate surface area is 175 Å². The Morgan fingerprint density at radius 3 is 2.37 bits per heavy atom. The molecule has 2 aromatic rings. The maximum absolute atomic E-state index is 13.9. The number of amides is 2. The van der Waals surface area contributed by atoms with E-state index in [1.807, 2.05) is 30.3 Å². The van der Waals surface area contributed by atoms with Gasteiger partial charge in [0.25, 0.3) is 5.91 Å². The molecule has 2 aromatic carbocycles. The van der Waals surface area contributed by atoms with Gasteiger partial charge in [0, 0.05) is 20.0 Å². The first-order valence-corrected chi connectivity index (χ1v) is 9.86. The Hall–Kier alpha value is -3.22. The lowest BCUT2D eigenvalue weighted by Crippen LogP contribution is -2.49. The van der Waals surface area contributed by atoms with E-state index in [4.69, 9.17) is 4.74 Å². The van der Waals surface area contributed by atoms with E-state index in [1.54, 1.807) is 17.9 Å². The smallest absolute Gasteiger partial charge is 0.317 e. The SMILES string of the molecule is CC(=O)N1CCC(C(=O)OCC(=O)Nc2ccc(C)cc2F)(c2ccccc2)CC1. The van der Waals surface area contributed by atoms with Crippen LogP contribution in [0.4, 0.5) is 10.1 Å². The molecule has 0 bridgehead atoms. The van der Waals surface area contributed by atoms with Crippen molar-refractivity contribution < 1.29 is 23.5 Å². The normalized spacial score (nSPS) is 15.4. The standard InChI is InChI=1S/C23H25FN2O4/c1-16-8-9-20(19(24)14-16)25-21(28)15-30-22(29)23(18-6-4-3-5-7-18)10-12-26(13-11-23)17(2)27/h3-9,14H,10-13,15H2,1-2H3,(H,25,28). The molecule has 7 heteroatoms. The first-order chi connectivity index (χ1) is 14.3. The number of hydrogen-bond donors (Lipinski definition) is 1. The Balaban J connectivity index is 1.69. The van der Waals surface area contributed by atoms with Crippen molar-refractivity contribution in [2.45, 2.75) is 32.1 Å². The van der Waals surface area contributed by atoms with Crippen molar-refractivity contribution in [3.8, 4) is 0 Å². The van der Waals surface area contributed by atoms with Gasteiger partial charge in [-0.25, -0.2) is 4.39 Å². The quantitative estimate of drug-likeness (QED) is 0.766. The number of likely N-dealkylation sites (tertiary alicyclic amines) is 1. The van der Waals surface area contributed by atoms with Crippen molar-refractivity contribution in [2.75, 3.05) is 25.0 Å². The molecule has 158 valence electrons. The highest BCUT2D eigenvalue weighted by molar-refractivity contribution is 5.94. The second kappa shape index (κ2) is 9.07. The molecule has 2 amide bonds. The topological polar surface area (TPSA) is 75.7 Å². The molecule has 1 fully saturated rings. The predicted octanol–water partition coefficient (Wildman–Crippen LogP) is 3.20. The van der Waals surface area contributed by atoms with Gasteiger partial charge in [0.05, 0.1) is 11.1 Å². The van der Waals surface area contributed by atoms with E-state index in [0.717, 1.165) is 11.1 Å². The van der Waals surface area contributed by atoms with Gasteiger partial charge in [-0.1, -0.05) is 36.4 Å². The van der Waals surface area contributed by atoms with E-state index in [1.165, 1.54) is 19.1 Å². The van der Waals surface area contributed by atoms with Crippen LogP contribution in [0.3, 0.4) is 0 Å². The summed E-state index contributed by atoms with van der Waals surface area (Å²) in [7, 11) is 0. The minimum Gasteiger partial charge on any atom is -0.455 e. The zero-order chi connectivity index (χ0) is 21.7. The van der Waals surface area contributed by atoms with Gasteiger partial charge >= 0.3 is 5.97 Å². The summed E-state index contributed by atoms with van der Waals surface area (Å²) in [6, 6.07) is 13.7. The number of anilines is 1. The number of hydrogen-bond acceptors (Lipinski definition) is 4. The van der Waals surface area contributed by atoms with E-state index >= 15 is 0 Å². The number of ether oxygens (including phenoxy) is 1. The number of benzene rings is 2. The van der Waals surface area contributed by atoms with Gasteiger partial charge in [-0.15, -0.1) is 0 Å². The summed E-state index contributed by atoms with van der Waals surface area (Å²) in [6.07, 6.45) is 0.813. The minimum absolute atomic E-state index is 0.0363. The predicted molar refractivity (Wildman–Crippen MR) is 110 cm³/mol. The third-order valence-corrected chi connectivity index (χ3v) is 5.51. The summed E-state index contributed by atoms with van der Waals surface area (Å²) in [5.74, 6) is -1.72. The van der Waals surface area contributed by atoms with Crippen molar-refractivity contribution in [1.82, 2.24) is 4.90 Å². The highest BCUT2D eigenvalue weighted by Crippen LogP contribution is 2.37. The molecule has 1 N–H and O–H groups in total. The second-order valence-electron chi connectivity index (χ2n) is 7.56. The van der Waals surface area contributed by atoms with Gasteiger partial charge in [0.1, 0.15) is 5.82 Å². The molecular weight excluding hydrogens is 387 g/mol. The Morgan fingerprint density at radius 2 is 1.77 bits per heavy atom. The van der Waals surface area contributed by atoms with Crippen LogP contribution in [0.25, 0.3) is 0 Å². The average Bonchev–Trinajstić information content (AvgIpc) is 2.74. The third-order valence-electron chi connectivity index (χ3n) is 5.51. The molecule has 1 saturated heterocycles. The van der Waals surface area contributed by atoms with E-state index in [2.05, 4.69) is 5.32 Å². The number of esters is 1. The lowest BCUT2D eigenvalue weighted by Gasteiger charge is -2.40. The largest absolute Gasteiger partial charge is 0.455 e. The lowest BCUT2D eigenvalue weighted by molar-refractivity contribution is -0.156. The van der Waals surface area contributed by atoms with Gasteiger partial charge < -0.3 is 15.0 Å². The molecule has 1 heterocycles. The molecule has 0 atom stereocenters. The van der Waals surface area contributed by atoms with Crippen LogP contribution in [0, 0.1) is 12.7 Å². The summed E-state index contributed by atoms with van der Waals surface area (Å²) in [5, 5.41) is 2.43. The number of carbonyl (C=O) groups excluding carboxylic acids is 3. The maximum atomic E-state index is 13.9. The van der Waals surface area contributed by atoms with Crippen LogP contribution in [-0.2, 0) is 24.5 Å². The van der Waals surface area contributed by atoms with Gasteiger partial charge in [-0.05, 0) is 43.0 Å². The molecule has 0 spiro atoms. The Morgan fingerprint density at radius 1 is 1.10 bits per heavy atom. The Bertz CT molecular complexity index is 937. The molecule has 6 nitrogen and oxygen atoms in total. The van der Waals surface area contributed by atoms with E-state index in [9.17, 15) is 18.8 Å². The van der Waals surface area contributed by atoms with E-state index in [-0.39, 0.29) is 11.6 Å². The summed E-state index contributed by atoms with van der Waals surface area (Å²) in [5.41, 5.74) is 0.638. The minimum atomic E-state index is -0.928. The van der Waals surface area contributed by atoms with Crippen LogP contribution in [0.1, 0.15) is 30.9 Å². The molecule has 0 aromatic heterocycles. The molecule has 0 radical (unpaired) electrons. The monoisotopic (exact) mass is 412 g/mol. The number of nitrogens with zero attached hydrogens (tertiary/aromatic N) is 1. The molecule has 0 saturated carbocycles. The van der Waals surface area contributed by atoms with Crippen molar-refractivity contribution in [3.63, 3.8) is 0 Å². The molecular formula is C23H25FN2O4. The molecule has 0 aliphatic carbocycles. The first-order valence-electron chi connectivity index (χ1n) is 9.86. The summed E-state index contributed by atoms with van der Waals surface area (Å²) in [4.78, 5) is 38.7. The van der Waals surface area contributed by atoms with Crippen LogP contribution >= 0.6 is 0 Å². The van der Waals surface area contributed by atoms with Crippen molar-refractivity contribution in [1.29, 1.82) is 0 Å². The molecule has 0 unspecified atom stereocenters. The van der Waals surface area contributed by atoms with Crippen molar-refractivity contribution in [3.05, 3.63) is 65.5 Å². The van der Waals surface area contributed by atoms with Gasteiger partial charge in [-0.2, -0.15) is 0 Å². The van der Waals surface area contributed by atoms with E-state index in [0.29, 0.717) is 25.9 Å². The van der Waals surface area contributed by atoms with Crippen LogP contribution in [0.5, 0.6) is 0 Å². The van der Waals surface area contributed by atoms with Crippen LogP contribution in [0.2, 0.25) is 0 Å². The average molecular weight is 412 g/mol. The molecule has 1 aliphatic rings. The van der Waals surface area contributed by atoms with Crippen LogP contribution < -0.4 is 5.32 Å². The van der Waals surface area contributed by atoms with Crippen LogP contribution in [-0.4, -0.2) is 42.4 Å². The highest BCUT2D eigenvalue weighted by Gasteiger charge is 2.44. The molecule has 30 heavy (non-hydrogen) atoms. The lowest BCUT2D eigenvalue weighted by atomic mass is 9.72. The fraction of sp³-hybridized carbons (Fsp3) is 0.348. The number of halogens is 1. The fourth-order valence-electron chi connectivity index (χ4n) is 3.75. The van der Waals surface area contributed by atoms with Gasteiger partial charge in [-0.3, -0.25) is 14.4 Å². The first kappa shape index (κ1) is 21.5. The Kier molecular flexibility index (Phi) is 6.50. The van der Waals surface area contributed by atoms with Crippen molar-refractivity contribution in [2.24, 2.45) is 0 Å². The summed E-state index contributed by atoms with van der Waals surface area (Å²) in [6.45, 7) is 3.59. The van der Waals surface area contributed by atoms with Crippen molar-refractivity contribution >= 4 is 23.5 Å². The number of aryl methyl sites for hydroxylation is 1. The summed E-state index contributed by atoms with van der Waals surface area (Å²) >= 11 is 0. The zero-order valence-corrected chi connectivity index (χ0v) is 17.1. The fourth-order valence-corrected chi connectivity index (χ4v) is 3.75. The number of piperidine rings is 1. The van der Waals surface area contributed by atoms with Crippen LogP contribution in [0.15, 0.2) is 48.5 Å². The number of carbonyl (C=O) groups is 3.